The molecule has 0 saturated heterocycles. The van der Waals surface area contributed by atoms with E-state index in [9.17, 15) is 9.59 Å². The molecule has 1 N–H and O–H groups in total. The molecule has 172 valence electrons. The molecule has 5 rings (SSSR count). The molecule has 2 amide bonds. The highest BCUT2D eigenvalue weighted by Crippen LogP contribution is 2.64. The molecule has 4 nitrogen and oxygen atoms in total. The van der Waals surface area contributed by atoms with Gasteiger partial charge in [0.1, 0.15) is 5.57 Å². The highest BCUT2D eigenvalue weighted by atomic mass is 35.5. The molecule has 3 saturated carbocycles. The number of carbonyl (C=O) groups is 2. The second-order valence-electron chi connectivity index (χ2n) is 11.2. The number of hydrogen-bond acceptors (Lipinski definition) is 2. The summed E-state index contributed by atoms with van der Waals surface area (Å²) in [7, 11) is 1.90. The lowest BCUT2D eigenvalue weighted by Gasteiger charge is -2.60. The topological polar surface area (TPSA) is 49.4 Å². The number of nitrogens with zero attached hydrogens (tertiary/aromatic N) is 1. The summed E-state index contributed by atoms with van der Waals surface area (Å²) in [5.41, 5.74) is 1.65. The van der Waals surface area contributed by atoms with Gasteiger partial charge in [0.25, 0.3) is 11.8 Å². The molecule has 0 radical (unpaired) electrons. The summed E-state index contributed by atoms with van der Waals surface area (Å²) in [6.45, 7) is 5.22. The zero-order valence-electron chi connectivity index (χ0n) is 19.5. The van der Waals surface area contributed by atoms with E-state index in [1.807, 2.05) is 36.2 Å². The Morgan fingerprint density at radius 2 is 1.84 bits per heavy atom. The maximum absolute atomic E-state index is 13.2. The summed E-state index contributed by atoms with van der Waals surface area (Å²) in [4.78, 5) is 28.2. The van der Waals surface area contributed by atoms with E-state index in [1.165, 1.54) is 38.5 Å². The van der Waals surface area contributed by atoms with E-state index < -0.39 is 0 Å². The van der Waals surface area contributed by atoms with Crippen LogP contribution in [-0.2, 0) is 16.1 Å². The van der Waals surface area contributed by atoms with E-state index in [-0.39, 0.29) is 23.3 Å². The van der Waals surface area contributed by atoms with Gasteiger partial charge in [0.15, 0.2) is 0 Å². The van der Waals surface area contributed by atoms with Crippen molar-refractivity contribution in [1.29, 1.82) is 0 Å². The Hall–Kier alpha value is -1.81. The molecule has 1 aromatic carbocycles. The molecule has 32 heavy (non-hydrogen) atoms. The van der Waals surface area contributed by atoms with Crippen LogP contribution >= 0.6 is 11.6 Å². The summed E-state index contributed by atoms with van der Waals surface area (Å²) in [6, 6.07) is 7.62. The number of rotatable bonds is 3. The average Bonchev–Trinajstić information content (AvgIpc) is 3.17. The largest absolute Gasteiger partial charge is 0.348 e. The van der Waals surface area contributed by atoms with E-state index in [0.29, 0.717) is 34.4 Å². The Morgan fingerprint density at radius 1 is 1.09 bits per heavy atom. The fourth-order valence-electron chi connectivity index (χ4n) is 7.92. The van der Waals surface area contributed by atoms with Crippen LogP contribution in [0.1, 0.15) is 64.4 Å². The SMILES string of the molecule is CN1C(=O)C(C(=O)NCc2ccc(Cl)cc2)=C[C@@]2(C)C1CC[C@@H]1[C@H]2CC[C@]2(C)CCC[C@@H]12. The first-order valence-corrected chi connectivity index (χ1v) is 12.6. The molecule has 0 spiro atoms. The van der Waals surface area contributed by atoms with Crippen molar-refractivity contribution >= 4 is 23.4 Å². The number of likely N-dealkylation sites (N-methyl/N-ethyl adjacent to an activating group) is 1. The van der Waals surface area contributed by atoms with Crippen molar-refractivity contribution in [3.05, 3.63) is 46.5 Å². The number of amides is 2. The van der Waals surface area contributed by atoms with Crippen LogP contribution in [0.5, 0.6) is 0 Å². The molecule has 3 fully saturated rings. The normalized spacial score (nSPS) is 38.4. The molecule has 1 aliphatic heterocycles. The molecule has 1 aromatic rings. The predicted octanol–water partition coefficient (Wildman–Crippen LogP) is 5.36. The number of fused-ring (bicyclic) bond motifs is 5. The van der Waals surface area contributed by atoms with Gasteiger partial charge in [-0.05, 0) is 79.4 Å². The average molecular weight is 455 g/mol. The van der Waals surface area contributed by atoms with Crippen LogP contribution in [0.15, 0.2) is 35.9 Å². The van der Waals surface area contributed by atoms with Crippen LogP contribution in [0.3, 0.4) is 0 Å². The number of halogens is 1. The molecule has 0 bridgehead atoms. The van der Waals surface area contributed by atoms with Crippen LogP contribution in [0, 0.1) is 28.6 Å². The Morgan fingerprint density at radius 3 is 2.59 bits per heavy atom. The predicted molar refractivity (Wildman–Crippen MR) is 127 cm³/mol. The molecular weight excluding hydrogens is 420 g/mol. The van der Waals surface area contributed by atoms with Crippen LogP contribution < -0.4 is 5.32 Å². The number of carbonyl (C=O) groups excluding carboxylic acids is 2. The lowest BCUT2D eigenvalue weighted by molar-refractivity contribution is -0.141. The smallest absolute Gasteiger partial charge is 0.259 e. The van der Waals surface area contributed by atoms with Crippen molar-refractivity contribution in [2.24, 2.45) is 28.6 Å². The highest BCUT2D eigenvalue weighted by Gasteiger charge is 2.59. The van der Waals surface area contributed by atoms with Crippen LogP contribution in [0.25, 0.3) is 0 Å². The lowest BCUT2D eigenvalue weighted by Crippen LogP contribution is -2.61. The Kier molecular flexibility index (Phi) is 5.43. The van der Waals surface area contributed by atoms with Gasteiger partial charge in [-0.3, -0.25) is 9.59 Å². The lowest BCUT2D eigenvalue weighted by atomic mass is 9.48. The fraction of sp³-hybridized carbons (Fsp3) is 0.630. The molecule has 0 aromatic heterocycles. The third kappa shape index (κ3) is 3.41. The molecule has 5 heteroatoms. The van der Waals surface area contributed by atoms with Crippen molar-refractivity contribution in [3.63, 3.8) is 0 Å². The second-order valence-corrected chi connectivity index (χ2v) is 11.6. The van der Waals surface area contributed by atoms with Gasteiger partial charge in [-0.2, -0.15) is 0 Å². The molecule has 1 unspecified atom stereocenters. The third-order valence-corrected chi connectivity index (χ3v) is 9.85. The summed E-state index contributed by atoms with van der Waals surface area (Å²) in [6.07, 6.45) is 10.9. The van der Waals surface area contributed by atoms with Crippen LogP contribution in [0.4, 0.5) is 0 Å². The second kappa shape index (κ2) is 7.90. The number of hydrogen-bond donors (Lipinski definition) is 1. The number of nitrogens with one attached hydrogen (secondary N) is 1. The molecule has 6 atom stereocenters. The zero-order chi connectivity index (χ0) is 22.7. The zero-order valence-corrected chi connectivity index (χ0v) is 20.3. The van der Waals surface area contributed by atoms with Gasteiger partial charge >= 0.3 is 0 Å². The minimum absolute atomic E-state index is 0.136. The monoisotopic (exact) mass is 454 g/mol. The first-order valence-electron chi connectivity index (χ1n) is 12.3. The minimum Gasteiger partial charge on any atom is -0.348 e. The Labute approximate surface area is 196 Å². The van der Waals surface area contributed by atoms with Gasteiger partial charge in [-0.15, -0.1) is 0 Å². The summed E-state index contributed by atoms with van der Waals surface area (Å²) >= 11 is 5.96. The summed E-state index contributed by atoms with van der Waals surface area (Å²) in [5.74, 6) is 1.67. The van der Waals surface area contributed by atoms with Crippen molar-refractivity contribution < 1.29 is 9.59 Å². The quantitative estimate of drug-likeness (QED) is 0.625. The standard InChI is InChI=1S/C27H35ClN2O2/c1-26-13-4-5-21(26)19-10-11-23-27(2,22(19)12-14-26)15-20(25(32)30(23)3)24(31)29-16-17-6-8-18(28)9-7-17/h6-9,15,19,21-23H,4-5,10-14,16H2,1-3H3,(H,29,31)/t19-,21-,22+,23?,26-,27+/m0/s1. The first-order chi connectivity index (χ1) is 15.2. The van der Waals surface area contributed by atoms with E-state index in [4.69, 9.17) is 11.6 Å². The maximum atomic E-state index is 13.2. The van der Waals surface area contributed by atoms with Gasteiger partial charge in [0, 0.05) is 30.1 Å². The number of benzene rings is 1. The van der Waals surface area contributed by atoms with Gasteiger partial charge in [-0.1, -0.05) is 50.1 Å². The van der Waals surface area contributed by atoms with Crippen molar-refractivity contribution in [1.82, 2.24) is 10.2 Å². The fourth-order valence-corrected chi connectivity index (χ4v) is 8.05. The molecule has 3 aliphatic carbocycles. The Balaban J connectivity index is 1.41. The van der Waals surface area contributed by atoms with E-state index in [0.717, 1.165) is 17.9 Å². The molecule has 1 heterocycles. The van der Waals surface area contributed by atoms with Gasteiger partial charge in [0.2, 0.25) is 0 Å². The Bertz CT molecular complexity index is 957. The summed E-state index contributed by atoms with van der Waals surface area (Å²) in [5, 5.41) is 3.64. The first kappa shape index (κ1) is 22.0. The van der Waals surface area contributed by atoms with Crippen molar-refractivity contribution in [3.8, 4) is 0 Å². The van der Waals surface area contributed by atoms with E-state index in [2.05, 4.69) is 25.2 Å². The van der Waals surface area contributed by atoms with Crippen LogP contribution in [0.2, 0.25) is 5.02 Å². The maximum Gasteiger partial charge on any atom is 0.259 e. The highest BCUT2D eigenvalue weighted by molar-refractivity contribution is 6.30. The molecule has 4 aliphatic rings. The molecular formula is C27H35ClN2O2. The third-order valence-electron chi connectivity index (χ3n) is 9.59. The van der Waals surface area contributed by atoms with E-state index >= 15 is 0 Å². The van der Waals surface area contributed by atoms with Gasteiger partial charge < -0.3 is 10.2 Å². The van der Waals surface area contributed by atoms with Crippen LogP contribution in [-0.4, -0.2) is 29.8 Å². The van der Waals surface area contributed by atoms with Crippen molar-refractivity contribution in [2.75, 3.05) is 7.05 Å². The van der Waals surface area contributed by atoms with Gasteiger partial charge in [0.05, 0.1) is 0 Å². The minimum atomic E-state index is -0.264. The van der Waals surface area contributed by atoms with E-state index in [1.54, 1.807) is 0 Å². The summed E-state index contributed by atoms with van der Waals surface area (Å²) < 4.78 is 0. The van der Waals surface area contributed by atoms with Gasteiger partial charge in [-0.25, -0.2) is 0 Å². The van der Waals surface area contributed by atoms with Crippen molar-refractivity contribution in [2.45, 2.75) is 71.4 Å².